The molecular weight excluding hydrogens is 445 g/mol. The van der Waals surface area contributed by atoms with E-state index in [1.54, 1.807) is 37.1 Å². The van der Waals surface area contributed by atoms with Gasteiger partial charge in [-0.1, -0.05) is 0 Å². The number of thiazole rings is 1. The van der Waals surface area contributed by atoms with Crippen molar-refractivity contribution in [3.05, 3.63) is 75.0 Å². The van der Waals surface area contributed by atoms with Gasteiger partial charge in [0.2, 0.25) is 0 Å². The highest BCUT2D eigenvalue weighted by Gasteiger charge is 2.20. The molecule has 0 N–H and O–H groups in total. The van der Waals surface area contributed by atoms with E-state index in [0.717, 1.165) is 10.9 Å². The maximum atomic E-state index is 14.9. The molecule has 5 aromatic rings. The lowest BCUT2D eigenvalue weighted by atomic mass is 10.1. The average Bonchev–Trinajstić information content (AvgIpc) is 3.44. The van der Waals surface area contributed by atoms with Gasteiger partial charge in [0.05, 0.1) is 57.6 Å². The summed E-state index contributed by atoms with van der Waals surface area (Å²) in [4.78, 5) is 22.6. The van der Waals surface area contributed by atoms with E-state index in [0.29, 0.717) is 40.0 Å². The third-order valence-electron chi connectivity index (χ3n) is 5.34. The fraction of sp³-hybridized carbons (Fsp3) is 0.130. The lowest BCUT2D eigenvalue weighted by Gasteiger charge is -2.13. The number of fused-ring (bicyclic) bond motifs is 3. The normalized spacial score (nSPS) is 11.1. The molecule has 0 atom stereocenters. The van der Waals surface area contributed by atoms with Crippen molar-refractivity contribution < 1.29 is 13.9 Å². The Labute approximate surface area is 190 Å². The molecule has 0 unspecified atom stereocenters. The summed E-state index contributed by atoms with van der Waals surface area (Å²) >= 11 is 1.47. The standard InChI is InChI=1S/C23H16FN5O3S/c1-28-19-10-27-17-7-20(31-2)21(32-11-14-9-26-12-33-14)6-15(17)22(19)29(23(28)30)18-4-3-13(8-25)5-16(18)24/h3-7,9-10,12H,11H2,1-2H3. The molecule has 33 heavy (non-hydrogen) atoms. The molecule has 10 heteroatoms. The van der Waals surface area contributed by atoms with Crippen LogP contribution < -0.4 is 15.2 Å². The third-order valence-corrected chi connectivity index (χ3v) is 6.09. The van der Waals surface area contributed by atoms with Crippen molar-refractivity contribution in [2.75, 3.05) is 7.11 Å². The molecule has 0 saturated carbocycles. The van der Waals surface area contributed by atoms with Crippen LogP contribution in [-0.2, 0) is 13.7 Å². The van der Waals surface area contributed by atoms with E-state index in [9.17, 15) is 9.18 Å². The minimum Gasteiger partial charge on any atom is -0.493 e. The molecule has 0 spiro atoms. The van der Waals surface area contributed by atoms with Crippen molar-refractivity contribution in [2.45, 2.75) is 6.61 Å². The quantitative estimate of drug-likeness (QED) is 0.394. The first-order valence-corrected chi connectivity index (χ1v) is 10.7. The topological polar surface area (TPSA) is 95.0 Å². The largest absolute Gasteiger partial charge is 0.493 e. The van der Waals surface area contributed by atoms with Crippen LogP contribution in [0, 0.1) is 17.1 Å². The van der Waals surface area contributed by atoms with Gasteiger partial charge in [-0.25, -0.2) is 9.18 Å². The number of benzene rings is 2. The number of ether oxygens (including phenoxy) is 2. The van der Waals surface area contributed by atoms with Gasteiger partial charge in [-0.05, 0) is 24.3 Å². The van der Waals surface area contributed by atoms with Crippen LogP contribution in [0.2, 0.25) is 0 Å². The second-order valence-electron chi connectivity index (χ2n) is 7.22. The van der Waals surface area contributed by atoms with Gasteiger partial charge in [0, 0.05) is 24.7 Å². The van der Waals surface area contributed by atoms with Crippen molar-refractivity contribution in [3.63, 3.8) is 0 Å². The van der Waals surface area contributed by atoms with Crippen molar-refractivity contribution >= 4 is 33.3 Å². The van der Waals surface area contributed by atoms with Crippen molar-refractivity contribution in [3.8, 4) is 23.3 Å². The summed E-state index contributed by atoms with van der Waals surface area (Å²) < 4.78 is 29.1. The SMILES string of the molecule is COc1cc2ncc3c(c2cc1OCc1cncs1)n(-c1ccc(C#N)cc1F)c(=O)n3C. The number of rotatable bonds is 5. The van der Waals surface area contributed by atoms with Gasteiger partial charge < -0.3 is 9.47 Å². The molecule has 8 nitrogen and oxygen atoms in total. The summed E-state index contributed by atoms with van der Waals surface area (Å²) in [5, 5.41) is 9.66. The first kappa shape index (κ1) is 20.7. The van der Waals surface area contributed by atoms with E-state index < -0.39 is 11.5 Å². The zero-order valence-corrected chi connectivity index (χ0v) is 18.4. The van der Waals surface area contributed by atoms with Gasteiger partial charge in [-0.3, -0.25) is 19.1 Å². The lowest BCUT2D eigenvalue weighted by Crippen LogP contribution is -2.21. The molecular formula is C23H16FN5O3S. The minimum absolute atomic E-state index is 0.0417. The Kier molecular flexibility index (Phi) is 5.03. The van der Waals surface area contributed by atoms with Gasteiger partial charge in [0.25, 0.3) is 0 Å². The predicted molar refractivity (Wildman–Crippen MR) is 121 cm³/mol. The fourth-order valence-corrected chi connectivity index (χ4v) is 4.23. The van der Waals surface area contributed by atoms with Gasteiger partial charge >= 0.3 is 5.69 Å². The molecule has 0 aliphatic heterocycles. The molecule has 0 saturated heterocycles. The highest BCUT2D eigenvalue weighted by Crippen LogP contribution is 2.36. The van der Waals surface area contributed by atoms with Gasteiger partial charge in [-0.2, -0.15) is 5.26 Å². The number of nitrogens with zero attached hydrogens (tertiary/aromatic N) is 5. The van der Waals surface area contributed by atoms with E-state index in [2.05, 4.69) is 9.97 Å². The minimum atomic E-state index is -0.677. The van der Waals surface area contributed by atoms with E-state index in [4.69, 9.17) is 14.7 Å². The second kappa shape index (κ2) is 8.03. The number of imidazole rings is 1. The number of methoxy groups -OCH3 is 1. The first-order chi connectivity index (χ1) is 16.0. The fourth-order valence-electron chi connectivity index (χ4n) is 3.72. The Bertz CT molecular complexity index is 1620. The van der Waals surface area contributed by atoms with E-state index in [1.807, 2.05) is 6.07 Å². The molecule has 0 fully saturated rings. The van der Waals surface area contributed by atoms with Gasteiger partial charge in [0.15, 0.2) is 11.5 Å². The summed E-state index contributed by atoms with van der Waals surface area (Å²) in [6.07, 6.45) is 3.29. The zero-order valence-electron chi connectivity index (χ0n) is 17.6. The predicted octanol–water partition coefficient (Wildman–Crippen LogP) is 3.93. The van der Waals surface area contributed by atoms with Crippen LogP contribution in [0.25, 0.3) is 27.6 Å². The molecule has 2 aromatic carbocycles. The lowest BCUT2D eigenvalue weighted by molar-refractivity contribution is 0.287. The Morgan fingerprint density at radius 1 is 1.21 bits per heavy atom. The molecule has 0 aliphatic rings. The van der Waals surface area contributed by atoms with Crippen LogP contribution in [-0.4, -0.2) is 26.2 Å². The maximum absolute atomic E-state index is 14.9. The molecule has 5 rings (SSSR count). The van der Waals surface area contributed by atoms with Crippen molar-refractivity contribution in [2.24, 2.45) is 7.05 Å². The maximum Gasteiger partial charge on any atom is 0.333 e. The van der Waals surface area contributed by atoms with Crippen LogP contribution in [0.4, 0.5) is 4.39 Å². The molecule has 3 aromatic heterocycles. The Morgan fingerprint density at radius 3 is 2.76 bits per heavy atom. The average molecular weight is 461 g/mol. The number of nitriles is 1. The van der Waals surface area contributed by atoms with E-state index in [-0.39, 0.29) is 11.3 Å². The van der Waals surface area contributed by atoms with Crippen LogP contribution in [0.3, 0.4) is 0 Å². The smallest absolute Gasteiger partial charge is 0.333 e. The van der Waals surface area contributed by atoms with Crippen LogP contribution in [0.1, 0.15) is 10.4 Å². The third kappa shape index (κ3) is 3.39. The number of pyridine rings is 1. The summed E-state index contributed by atoms with van der Waals surface area (Å²) in [5.74, 6) is 0.257. The number of hydrogen-bond acceptors (Lipinski definition) is 7. The van der Waals surface area contributed by atoms with Crippen molar-refractivity contribution in [1.82, 2.24) is 19.1 Å². The molecule has 0 bridgehead atoms. The van der Waals surface area contributed by atoms with Gasteiger partial charge in [0.1, 0.15) is 12.4 Å². The van der Waals surface area contributed by atoms with Crippen molar-refractivity contribution in [1.29, 1.82) is 5.26 Å². The summed E-state index contributed by atoms with van der Waals surface area (Å²) in [6, 6.07) is 9.36. The Balaban J connectivity index is 1.78. The molecule has 0 aliphatic carbocycles. The number of aryl methyl sites for hydroxylation is 1. The highest BCUT2D eigenvalue weighted by atomic mass is 32.1. The van der Waals surface area contributed by atoms with Crippen LogP contribution in [0.5, 0.6) is 11.5 Å². The Hall–Kier alpha value is -4.23. The summed E-state index contributed by atoms with van der Waals surface area (Å²) in [5.41, 5.74) is 3.04. The summed E-state index contributed by atoms with van der Waals surface area (Å²) in [6.45, 7) is 0.293. The zero-order chi connectivity index (χ0) is 23.1. The molecule has 0 radical (unpaired) electrons. The number of halogens is 1. The van der Waals surface area contributed by atoms with E-state index in [1.165, 1.54) is 39.7 Å². The van der Waals surface area contributed by atoms with Crippen LogP contribution >= 0.6 is 11.3 Å². The van der Waals surface area contributed by atoms with Crippen LogP contribution in [0.15, 0.2) is 53.0 Å². The Morgan fingerprint density at radius 2 is 2.06 bits per heavy atom. The number of aromatic nitrogens is 4. The molecule has 0 amide bonds. The first-order valence-electron chi connectivity index (χ1n) is 9.80. The molecule has 3 heterocycles. The highest BCUT2D eigenvalue weighted by molar-refractivity contribution is 7.09. The number of hydrogen-bond donors (Lipinski definition) is 0. The van der Waals surface area contributed by atoms with Gasteiger partial charge in [-0.15, -0.1) is 11.3 Å². The second-order valence-corrected chi connectivity index (χ2v) is 8.19. The summed E-state index contributed by atoms with van der Waals surface area (Å²) in [7, 11) is 3.13. The monoisotopic (exact) mass is 461 g/mol. The van der Waals surface area contributed by atoms with E-state index >= 15 is 0 Å². The molecule has 164 valence electrons.